The zero-order chi connectivity index (χ0) is 15.6. The first-order chi connectivity index (χ1) is 9.08. The highest BCUT2D eigenvalue weighted by Gasteiger charge is 2.31. The summed E-state index contributed by atoms with van der Waals surface area (Å²) in [4.78, 5) is 12.0. The van der Waals surface area contributed by atoms with E-state index < -0.39 is 16.1 Å². The fraction of sp³-hybridized carbons (Fsp3) is 0.923. The first kappa shape index (κ1) is 20.6. The summed E-state index contributed by atoms with van der Waals surface area (Å²) in [5.74, 6) is -0.0341. The molecule has 1 saturated heterocycles. The lowest BCUT2D eigenvalue weighted by Crippen LogP contribution is -2.54. The Hall–Kier alpha value is -0.370. The van der Waals surface area contributed by atoms with Gasteiger partial charge in [-0.25, -0.2) is 12.7 Å². The molecule has 0 aliphatic carbocycles. The summed E-state index contributed by atoms with van der Waals surface area (Å²) in [5.41, 5.74) is 5.63. The van der Waals surface area contributed by atoms with Gasteiger partial charge in [0.15, 0.2) is 0 Å². The molecule has 1 atom stereocenters. The predicted octanol–water partition coefficient (Wildman–Crippen LogP) is 0.712. The van der Waals surface area contributed by atoms with Crippen molar-refractivity contribution < 1.29 is 13.2 Å². The normalized spacial score (nSPS) is 19.7. The van der Waals surface area contributed by atoms with Gasteiger partial charge in [0.2, 0.25) is 15.9 Å². The minimum Gasteiger partial charge on any atom is -0.352 e. The van der Waals surface area contributed by atoms with E-state index in [-0.39, 0.29) is 35.5 Å². The summed E-state index contributed by atoms with van der Waals surface area (Å²) in [6.07, 6.45) is 1.28. The SMILES string of the molecule is CCS(=O)(=O)N1CCC(NC(=O)[C@@H](N)C(C)(C)C)CC1.Cl. The summed E-state index contributed by atoms with van der Waals surface area (Å²) in [7, 11) is -3.12. The van der Waals surface area contributed by atoms with Crippen LogP contribution in [-0.4, -0.2) is 49.6 Å². The number of sulfonamides is 1. The summed E-state index contributed by atoms with van der Waals surface area (Å²) in [6.45, 7) is 8.35. The predicted molar refractivity (Wildman–Crippen MR) is 86.9 cm³/mol. The zero-order valence-electron chi connectivity index (χ0n) is 13.3. The molecule has 0 aromatic rings. The smallest absolute Gasteiger partial charge is 0.237 e. The second kappa shape index (κ2) is 7.76. The summed E-state index contributed by atoms with van der Waals surface area (Å²) in [6, 6.07) is -0.542. The van der Waals surface area contributed by atoms with Crippen molar-refractivity contribution in [1.82, 2.24) is 9.62 Å². The van der Waals surface area contributed by atoms with Crippen molar-refractivity contribution in [2.45, 2.75) is 52.6 Å². The largest absolute Gasteiger partial charge is 0.352 e. The number of nitrogens with two attached hydrogens (primary N) is 1. The molecular weight excluding hydrogens is 314 g/mol. The standard InChI is InChI=1S/C13H27N3O3S.ClH/c1-5-20(18,19)16-8-6-10(7-9-16)15-12(17)11(14)13(2,3)4;/h10-11H,5-9,14H2,1-4H3,(H,15,17);1H/t11-;/m1./s1. The Bertz CT molecular complexity index is 440. The van der Waals surface area contributed by atoms with E-state index in [9.17, 15) is 13.2 Å². The van der Waals surface area contributed by atoms with Crippen molar-refractivity contribution in [3.8, 4) is 0 Å². The van der Waals surface area contributed by atoms with Gasteiger partial charge >= 0.3 is 0 Å². The van der Waals surface area contributed by atoms with E-state index in [2.05, 4.69) is 5.32 Å². The van der Waals surface area contributed by atoms with Crippen LogP contribution >= 0.6 is 12.4 Å². The minimum absolute atomic E-state index is 0. The van der Waals surface area contributed by atoms with E-state index in [1.165, 1.54) is 4.31 Å². The number of carbonyl (C=O) groups excluding carboxylic acids is 1. The summed E-state index contributed by atoms with van der Waals surface area (Å²) in [5, 5.41) is 2.93. The molecule has 0 unspecified atom stereocenters. The maximum atomic E-state index is 12.0. The van der Waals surface area contributed by atoms with Crippen molar-refractivity contribution in [2.24, 2.45) is 11.1 Å². The molecule has 21 heavy (non-hydrogen) atoms. The number of amides is 1. The number of halogens is 1. The van der Waals surface area contributed by atoms with Gasteiger partial charge in [0, 0.05) is 19.1 Å². The van der Waals surface area contributed by atoms with Crippen molar-refractivity contribution in [3.05, 3.63) is 0 Å². The van der Waals surface area contributed by atoms with Crippen LogP contribution in [0.1, 0.15) is 40.5 Å². The lowest BCUT2D eigenvalue weighted by molar-refractivity contribution is -0.125. The van der Waals surface area contributed by atoms with Gasteiger partial charge in [0.1, 0.15) is 0 Å². The van der Waals surface area contributed by atoms with Gasteiger partial charge in [0.05, 0.1) is 11.8 Å². The third kappa shape index (κ3) is 5.73. The highest BCUT2D eigenvalue weighted by Crippen LogP contribution is 2.19. The van der Waals surface area contributed by atoms with Crippen LogP contribution in [0, 0.1) is 5.41 Å². The Kier molecular flexibility index (Phi) is 7.62. The number of nitrogens with one attached hydrogen (secondary N) is 1. The summed E-state index contributed by atoms with van der Waals surface area (Å²) < 4.78 is 25.0. The minimum atomic E-state index is -3.12. The number of hydrogen-bond donors (Lipinski definition) is 2. The van der Waals surface area contributed by atoms with Crippen molar-refractivity contribution >= 4 is 28.3 Å². The number of carbonyl (C=O) groups is 1. The Morgan fingerprint density at radius 2 is 1.81 bits per heavy atom. The van der Waals surface area contributed by atoms with E-state index in [4.69, 9.17) is 5.73 Å². The van der Waals surface area contributed by atoms with Crippen LogP contribution < -0.4 is 11.1 Å². The van der Waals surface area contributed by atoms with Gasteiger partial charge < -0.3 is 11.1 Å². The Morgan fingerprint density at radius 1 is 1.33 bits per heavy atom. The Morgan fingerprint density at radius 3 is 2.19 bits per heavy atom. The van der Waals surface area contributed by atoms with Gasteiger partial charge in [-0.2, -0.15) is 0 Å². The Balaban J connectivity index is 0.00000400. The molecule has 0 aromatic heterocycles. The maximum absolute atomic E-state index is 12.0. The van der Waals surface area contributed by atoms with Crippen LogP contribution in [-0.2, 0) is 14.8 Å². The van der Waals surface area contributed by atoms with Crippen LogP contribution in [0.2, 0.25) is 0 Å². The average molecular weight is 342 g/mol. The molecule has 1 fully saturated rings. The molecule has 3 N–H and O–H groups in total. The fourth-order valence-electron chi connectivity index (χ4n) is 2.15. The van der Waals surface area contributed by atoms with Crippen molar-refractivity contribution in [1.29, 1.82) is 0 Å². The molecule has 0 spiro atoms. The van der Waals surface area contributed by atoms with Crippen LogP contribution in [0.25, 0.3) is 0 Å². The number of piperidine rings is 1. The molecule has 6 nitrogen and oxygen atoms in total. The molecule has 1 heterocycles. The molecule has 0 aromatic carbocycles. The molecule has 1 aliphatic rings. The third-order valence-electron chi connectivity index (χ3n) is 3.77. The molecule has 8 heteroatoms. The maximum Gasteiger partial charge on any atom is 0.237 e. The van der Waals surface area contributed by atoms with Gasteiger partial charge in [-0.1, -0.05) is 20.8 Å². The molecule has 1 amide bonds. The van der Waals surface area contributed by atoms with E-state index in [1.807, 2.05) is 20.8 Å². The molecule has 0 radical (unpaired) electrons. The summed E-state index contributed by atoms with van der Waals surface area (Å²) >= 11 is 0. The molecule has 0 saturated carbocycles. The van der Waals surface area contributed by atoms with Crippen LogP contribution in [0.3, 0.4) is 0 Å². The molecule has 126 valence electrons. The highest BCUT2D eigenvalue weighted by atomic mass is 35.5. The quantitative estimate of drug-likeness (QED) is 0.787. The third-order valence-corrected chi connectivity index (χ3v) is 5.66. The number of hydrogen-bond acceptors (Lipinski definition) is 4. The molecule has 0 bridgehead atoms. The monoisotopic (exact) mass is 341 g/mol. The van der Waals surface area contributed by atoms with Crippen molar-refractivity contribution in [3.63, 3.8) is 0 Å². The molecule has 1 rings (SSSR count). The van der Waals surface area contributed by atoms with Crippen LogP contribution in [0.4, 0.5) is 0 Å². The van der Waals surface area contributed by atoms with E-state index >= 15 is 0 Å². The van der Waals surface area contributed by atoms with Gasteiger partial charge in [0.25, 0.3) is 0 Å². The number of nitrogens with zero attached hydrogens (tertiary/aromatic N) is 1. The second-order valence-corrected chi connectivity index (χ2v) is 8.68. The van der Waals surface area contributed by atoms with Gasteiger partial charge in [-0.05, 0) is 25.2 Å². The Labute approximate surface area is 134 Å². The molecular formula is C13H28ClN3O3S. The van der Waals surface area contributed by atoms with Gasteiger partial charge in [-0.15, -0.1) is 12.4 Å². The average Bonchev–Trinajstić information content (AvgIpc) is 2.37. The van der Waals surface area contributed by atoms with Gasteiger partial charge in [-0.3, -0.25) is 4.79 Å². The molecule has 1 aliphatic heterocycles. The lowest BCUT2D eigenvalue weighted by Gasteiger charge is -2.33. The first-order valence-electron chi connectivity index (χ1n) is 7.11. The van der Waals surface area contributed by atoms with Crippen LogP contribution in [0.15, 0.2) is 0 Å². The van der Waals surface area contributed by atoms with E-state index in [1.54, 1.807) is 6.92 Å². The second-order valence-electron chi connectivity index (χ2n) is 6.43. The zero-order valence-corrected chi connectivity index (χ0v) is 14.9. The topological polar surface area (TPSA) is 92.5 Å². The number of rotatable bonds is 4. The lowest BCUT2D eigenvalue weighted by atomic mass is 9.86. The highest BCUT2D eigenvalue weighted by molar-refractivity contribution is 7.89. The van der Waals surface area contributed by atoms with E-state index in [0.717, 1.165) is 0 Å². The van der Waals surface area contributed by atoms with E-state index in [0.29, 0.717) is 25.9 Å². The first-order valence-corrected chi connectivity index (χ1v) is 8.72. The van der Waals surface area contributed by atoms with Crippen LogP contribution in [0.5, 0.6) is 0 Å². The van der Waals surface area contributed by atoms with Crippen molar-refractivity contribution in [2.75, 3.05) is 18.8 Å². The fourth-order valence-corrected chi connectivity index (χ4v) is 3.28.